The Morgan fingerprint density at radius 2 is 2.09 bits per heavy atom. The number of ether oxygens (including phenoxy) is 1. The van der Waals surface area contributed by atoms with Crippen molar-refractivity contribution < 1.29 is 9.84 Å². The number of aliphatic hydroxyl groups excluding tert-OH is 1. The highest BCUT2D eigenvalue weighted by Gasteiger charge is 2.45. The monoisotopic (exact) mass is 310 g/mol. The highest BCUT2D eigenvalue weighted by Crippen LogP contribution is 2.43. The van der Waals surface area contributed by atoms with Gasteiger partial charge in [0.1, 0.15) is 24.6 Å². The number of benzene rings is 1. The fourth-order valence-electron chi connectivity index (χ4n) is 3.60. The van der Waals surface area contributed by atoms with E-state index in [1.807, 2.05) is 18.2 Å². The molecular weight excluding hydrogens is 292 g/mol. The fourth-order valence-corrected chi connectivity index (χ4v) is 3.60. The number of amidine groups is 1. The van der Waals surface area contributed by atoms with E-state index in [1.54, 1.807) is 12.4 Å². The lowest BCUT2D eigenvalue weighted by Gasteiger charge is -2.28. The minimum atomic E-state index is -0.731. The molecule has 6 nitrogen and oxygen atoms in total. The molecular formula is C17H18N4O2. The molecule has 3 N–H and O–H groups in total. The molecule has 0 radical (unpaired) electrons. The minimum Gasteiger partial charge on any atom is -0.463 e. The number of fused-ring (bicyclic) bond motifs is 1. The Morgan fingerprint density at radius 3 is 2.83 bits per heavy atom. The van der Waals surface area contributed by atoms with Crippen LogP contribution in [-0.4, -0.2) is 33.2 Å². The van der Waals surface area contributed by atoms with Gasteiger partial charge in [-0.25, -0.2) is 15.0 Å². The first-order valence-corrected chi connectivity index (χ1v) is 7.73. The molecule has 2 aliphatic rings. The highest BCUT2D eigenvalue weighted by atomic mass is 16.5. The number of aromatic nitrogens is 2. The van der Waals surface area contributed by atoms with Gasteiger partial charge in [-0.05, 0) is 36.0 Å². The van der Waals surface area contributed by atoms with Gasteiger partial charge in [-0.15, -0.1) is 0 Å². The Labute approximate surface area is 134 Å². The summed E-state index contributed by atoms with van der Waals surface area (Å²) in [5.41, 5.74) is 9.08. The maximum atomic E-state index is 11.0. The maximum Gasteiger partial charge on any atom is 0.282 e. The Hall–Kier alpha value is -2.47. The van der Waals surface area contributed by atoms with Gasteiger partial charge in [0.05, 0.1) is 0 Å². The van der Waals surface area contributed by atoms with Crippen molar-refractivity contribution in [1.82, 2.24) is 9.97 Å². The molecule has 6 heteroatoms. The van der Waals surface area contributed by atoms with E-state index in [-0.39, 0.29) is 6.02 Å². The Bertz CT molecular complexity index is 762. The fraction of sp³-hybridized carbons (Fsp3) is 0.353. The molecule has 2 aromatic rings. The zero-order chi connectivity index (χ0) is 15.9. The second-order valence-electron chi connectivity index (χ2n) is 6.10. The van der Waals surface area contributed by atoms with Crippen LogP contribution in [0.1, 0.15) is 30.1 Å². The second kappa shape index (κ2) is 5.31. The molecule has 1 aromatic carbocycles. The van der Waals surface area contributed by atoms with Gasteiger partial charge in [-0.2, -0.15) is 0 Å². The predicted octanol–water partition coefficient (Wildman–Crippen LogP) is 1.60. The number of hydrogen-bond acceptors (Lipinski definition) is 6. The molecule has 1 aliphatic carbocycles. The molecule has 1 aliphatic heterocycles. The molecule has 1 aromatic heterocycles. The van der Waals surface area contributed by atoms with Crippen LogP contribution in [0.15, 0.2) is 41.9 Å². The molecule has 0 saturated carbocycles. The van der Waals surface area contributed by atoms with Crippen LogP contribution < -0.4 is 5.73 Å². The van der Waals surface area contributed by atoms with Gasteiger partial charge in [0.25, 0.3) is 6.02 Å². The average Bonchev–Trinajstić information content (AvgIpc) is 2.90. The van der Waals surface area contributed by atoms with Gasteiger partial charge in [0.2, 0.25) is 0 Å². The molecule has 0 bridgehead atoms. The number of hydrogen-bond donors (Lipinski definition) is 2. The zero-order valence-corrected chi connectivity index (χ0v) is 12.6. The smallest absolute Gasteiger partial charge is 0.282 e. The number of aliphatic hydroxyl groups is 1. The first-order chi connectivity index (χ1) is 11.2. The van der Waals surface area contributed by atoms with Crippen LogP contribution >= 0.6 is 0 Å². The van der Waals surface area contributed by atoms with Crippen molar-refractivity contribution >= 4 is 6.02 Å². The lowest BCUT2D eigenvalue weighted by molar-refractivity contribution is 0.0622. The lowest BCUT2D eigenvalue weighted by Crippen LogP contribution is -2.35. The van der Waals surface area contributed by atoms with Crippen molar-refractivity contribution in [2.45, 2.75) is 30.9 Å². The van der Waals surface area contributed by atoms with Crippen LogP contribution in [0.3, 0.4) is 0 Å². The van der Waals surface area contributed by atoms with E-state index in [0.29, 0.717) is 6.61 Å². The normalized spacial score (nSPS) is 26.3. The third-order valence-electron chi connectivity index (χ3n) is 4.73. The van der Waals surface area contributed by atoms with Crippen LogP contribution in [0.5, 0.6) is 0 Å². The van der Waals surface area contributed by atoms with Crippen molar-refractivity contribution in [1.29, 1.82) is 0 Å². The van der Waals surface area contributed by atoms with Gasteiger partial charge in [0, 0.05) is 18.0 Å². The Morgan fingerprint density at radius 1 is 1.26 bits per heavy atom. The summed E-state index contributed by atoms with van der Waals surface area (Å²) >= 11 is 0. The first kappa shape index (κ1) is 14.1. The number of nitrogens with zero attached hydrogens (tertiary/aromatic N) is 3. The molecule has 4 rings (SSSR count). The van der Waals surface area contributed by atoms with E-state index >= 15 is 0 Å². The van der Waals surface area contributed by atoms with Crippen molar-refractivity contribution in [3.8, 4) is 11.1 Å². The second-order valence-corrected chi connectivity index (χ2v) is 6.10. The van der Waals surface area contributed by atoms with E-state index in [1.165, 1.54) is 6.33 Å². The maximum absolute atomic E-state index is 11.0. The summed E-state index contributed by atoms with van der Waals surface area (Å²) in [6, 6.07) is 6.13. The van der Waals surface area contributed by atoms with E-state index < -0.39 is 11.6 Å². The SMILES string of the molecule is NC1=NC2(CCCc3c(-c4cncnc4)cccc3C2O)CO1. The van der Waals surface area contributed by atoms with Crippen LogP contribution in [0.2, 0.25) is 0 Å². The summed E-state index contributed by atoms with van der Waals surface area (Å²) in [6.07, 6.45) is 6.90. The Balaban J connectivity index is 1.84. The van der Waals surface area contributed by atoms with E-state index in [0.717, 1.165) is 41.5 Å². The summed E-state index contributed by atoms with van der Waals surface area (Å²) in [5.74, 6) is 0. The third-order valence-corrected chi connectivity index (χ3v) is 4.73. The molecule has 23 heavy (non-hydrogen) atoms. The third kappa shape index (κ3) is 2.26. The zero-order valence-electron chi connectivity index (χ0n) is 12.6. The van der Waals surface area contributed by atoms with Crippen LogP contribution in [0.4, 0.5) is 0 Å². The molecule has 0 fully saturated rings. The molecule has 1 spiro atoms. The van der Waals surface area contributed by atoms with Crippen molar-refractivity contribution in [2.24, 2.45) is 10.7 Å². The van der Waals surface area contributed by atoms with Gasteiger partial charge in [0.15, 0.2) is 0 Å². The minimum absolute atomic E-state index is 0.167. The van der Waals surface area contributed by atoms with Gasteiger partial charge in [-0.1, -0.05) is 18.2 Å². The highest BCUT2D eigenvalue weighted by molar-refractivity contribution is 5.74. The van der Waals surface area contributed by atoms with Crippen molar-refractivity contribution in [3.63, 3.8) is 0 Å². The van der Waals surface area contributed by atoms with Crippen LogP contribution in [0, 0.1) is 0 Å². The summed E-state index contributed by atoms with van der Waals surface area (Å²) in [7, 11) is 0. The summed E-state index contributed by atoms with van der Waals surface area (Å²) < 4.78 is 5.35. The van der Waals surface area contributed by atoms with Gasteiger partial charge >= 0.3 is 0 Å². The lowest BCUT2D eigenvalue weighted by atomic mass is 9.85. The molecule has 0 saturated heterocycles. The number of rotatable bonds is 1. The van der Waals surface area contributed by atoms with E-state index in [9.17, 15) is 5.11 Å². The van der Waals surface area contributed by atoms with Crippen molar-refractivity contribution in [2.75, 3.05) is 6.61 Å². The average molecular weight is 310 g/mol. The first-order valence-electron chi connectivity index (χ1n) is 7.73. The number of nitrogens with two attached hydrogens (primary N) is 1. The van der Waals surface area contributed by atoms with Crippen LogP contribution in [0.25, 0.3) is 11.1 Å². The largest absolute Gasteiger partial charge is 0.463 e. The van der Waals surface area contributed by atoms with Crippen LogP contribution in [-0.2, 0) is 11.2 Å². The molecule has 0 amide bonds. The van der Waals surface area contributed by atoms with Gasteiger partial charge in [-0.3, -0.25) is 0 Å². The number of aliphatic imine (C=N–C) groups is 1. The molecule has 2 heterocycles. The molecule has 2 unspecified atom stereocenters. The Kier molecular flexibility index (Phi) is 3.27. The van der Waals surface area contributed by atoms with Crippen molar-refractivity contribution in [3.05, 3.63) is 48.0 Å². The summed E-state index contributed by atoms with van der Waals surface area (Å²) in [6.45, 7) is 0.331. The quantitative estimate of drug-likeness (QED) is 0.834. The van der Waals surface area contributed by atoms with E-state index in [2.05, 4.69) is 15.0 Å². The molecule has 2 atom stereocenters. The van der Waals surface area contributed by atoms with E-state index in [4.69, 9.17) is 10.5 Å². The molecule has 118 valence electrons. The van der Waals surface area contributed by atoms with Gasteiger partial charge < -0.3 is 15.6 Å². The summed E-state index contributed by atoms with van der Waals surface area (Å²) in [4.78, 5) is 12.6. The predicted molar refractivity (Wildman–Crippen MR) is 85.7 cm³/mol. The standard InChI is InChI=1S/C17H18N4O2/c18-16-21-17(9-23-16)6-2-5-13-12(11-7-19-10-20-8-11)3-1-4-14(13)15(17)22/h1,3-4,7-8,10,15,22H,2,5-6,9H2,(H2,18,21). The summed E-state index contributed by atoms with van der Waals surface area (Å²) in [5, 5.41) is 11.0. The topological polar surface area (TPSA) is 93.6 Å².